The van der Waals surface area contributed by atoms with Crippen LogP contribution in [-0.4, -0.2) is 46.8 Å². The van der Waals surface area contributed by atoms with Crippen LogP contribution in [0.4, 0.5) is 10.5 Å². The van der Waals surface area contributed by atoms with Gasteiger partial charge in [0.25, 0.3) is 0 Å². The zero-order chi connectivity index (χ0) is 22.6. The number of ether oxygens (including phenoxy) is 2. The summed E-state index contributed by atoms with van der Waals surface area (Å²) in [4.78, 5) is 38.4. The second kappa shape index (κ2) is 12.6. The summed E-state index contributed by atoms with van der Waals surface area (Å²) in [6, 6.07) is 3.62. The van der Waals surface area contributed by atoms with Crippen molar-refractivity contribution in [3.05, 3.63) is 28.4 Å². The molecular weight excluding hydrogens is 414 g/mol. The van der Waals surface area contributed by atoms with Crippen molar-refractivity contribution in [2.24, 2.45) is 0 Å². The van der Waals surface area contributed by atoms with E-state index in [2.05, 4.69) is 15.0 Å². The number of esters is 1. The molecule has 0 aliphatic heterocycles. The number of unbranched alkanes of at least 4 members (excludes halogenated alkanes) is 1. The van der Waals surface area contributed by atoms with E-state index >= 15 is 0 Å². The standard InChI is InChI=1S/C18H25N5O6S/c1-18(2,3)29-17(25)22-13(16(24)28-12-9-19)7-4-5-11-21-30-15-14(23(26)27)8-6-10-20-15/h6,8,10,13,21H,4-5,7,11-12H2,1-3H3,(H,22,25)/t13-/m0/s1. The minimum atomic E-state index is -0.947. The van der Waals surface area contributed by atoms with Gasteiger partial charge in [0.15, 0.2) is 11.6 Å². The summed E-state index contributed by atoms with van der Waals surface area (Å²) in [6.45, 7) is 5.18. The summed E-state index contributed by atoms with van der Waals surface area (Å²) < 4.78 is 12.9. The summed E-state index contributed by atoms with van der Waals surface area (Å²) >= 11 is 1.05. The first kappa shape index (κ1) is 25.1. The van der Waals surface area contributed by atoms with Gasteiger partial charge < -0.3 is 14.8 Å². The number of pyridine rings is 1. The number of aromatic nitrogens is 1. The van der Waals surface area contributed by atoms with Crippen molar-refractivity contribution in [1.29, 1.82) is 5.26 Å². The second-order valence-corrected chi connectivity index (χ2v) is 7.92. The fourth-order valence-electron chi connectivity index (χ4n) is 2.17. The van der Waals surface area contributed by atoms with Crippen LogP contribution in [0.1, 0.15) is 40.0 Å². The lowest BCUT2D eigenvalue weighted by molar-refractivity contribution is -0.388. The van der Waals surface area contributed by atoms with Crippen LogP contribution in [-0.2, 0) is 14.3 Å². The number of nitrogens with one attached hydrogen (secondary N) is 2. The van der Waals surface area contributed by atoms with E-state index in [1.165, 1.54) is 18.3 Å². The fraction of sp³-hybridized carbons (Fsp3) is 0.556. The van der Waals surface area contributed by atoms with Gasteiger partial charge in [0.1, 0.15) is 17.7 Å². The molecule has 1 aromatic heterocycles. The SMILES string of the molecule is CC(C)(C)OC(=O)N[C@@H](CCCCNSc1ncccc1[N+](=O)[O-])C(=O)OCC#N. The lowest BCUT2D eigenvalue weighted by Gasteiger charge is -2.22. The third-order valence-corrected chi connectivity index (χ3v) is 4.25. The van der Waals surface area contributed by atoms with Gasteiger partial charge in [-0.25, -0.2) is 14.6 Å². The van der Waals surface area contributed by atoms with Gasteiger partial charge in [-0.1, -0.05) is 0 Å². The first-order valence-corrected chi connectivity index (χ1v) is 9.98. The number of nitrogens with zero attached hydrogens (tertiary/aromatic N) is 3. The lowest BCUT2D eigenvalue weighted by atomic mass is 10.1. The molecule has 12 heteroatoms. The van der Waals surface area contributed by atoms with Gasteiger partial charge in [0.05, 0.1) is 4.92 Å². The molecule has 0 radical (unpaired) electrons. The van der Waals surface area contributed by atoms with Crippen LogP contribution < -0.4 is 10.0 Å². The van der Waals surface area contributed by atoms with Gasteiger partial charge in [0, 0.05) is 18.8 Å². The average Bonchev–Trinajstić information content (AvgIpc) is 2.66. The van der Waals surface area contributed by atoms with Crippen LogP contribution in [0.2, 0.25) is 0 Å². The molecule has 0 spiro atoms. The summed E-state index contributed by atoms with van der Waals surface area (Å²) in [5, 5.41) is 22.2. The number of amides is 1. The predicted octanol–water partition coefficient (Wildman–Crippen LogP) is 2.72. The molecule has 1 amide bonds. The minimum Gasteiger partial charge on any atom is -0.449 e. The Kier molecular flexibility index (Phi) is 10.6. The quantitative estimate of drug-likeness (QED) is 0.173. The van der Waals surface area contributed by atoms with E-state index in [0.717, 1.165) is 11.9 Å². The van der Waals surface area contributed by atoms with Crippen LogP contribution in [0.25, 0.3) is 0 Å². The maximum Gasteiger partial charge on any atom is 0.408 e. The molecule has 0 aliphatic carbocycles. The molecule has 0 saturated heterocycles. The highest BCUT2D eigenvalue weighted by molar-refractivity contribution is 7.97. The maximum atomic E-state index is 12.1. The molecule has 1 heterocycles. The van der Waals surface area contributed by atoms with E-state index in [1.54, 1.807) is 26.8 Å². The molecule has 0 bridgehead atoms. The van der Waals surface area contributed by atoms with E-state index in [1.807, 2.05) is 0 Å². The molecule has 0 unspecified atom stereocenters. The van der Waals surface area contributed by atoms with E-state index in [0.29, 0.717) is 19.4 Å². The highest BCUT2D eigenvalue weighted by Gasteiger charge is 2.25. The highest BCUT2D eigenvalue weighted by atomic mass is 32.2. The van der Waals surface area contributed by atoms with Crippen molar-refractivity contribution < 1.29 is 24.0 Å². The lowest BCUT2D eigenvalue weighted by Crippen LogP contribution is -2.44. The van der Waals surface area contributed by atoms with Crippen molar-refractivity contribution in [3.8, 4) is 6.07 Å². The molecule has 0 aliphatic rings. The molecule has 0 fully saturated rings. The highest BCUT2D eigenvalue weighted by Crippen LogP contribution is 2.23. The van der Waals surface area contributed by atoms with Gasteiger partial charge in [-0.2, -0.15) is 5.26 Å². The Morgan fingerprint density at radius 3 is 2.77 bits per heavy atom. The summed E-state index contributed by atoms with van der Waals surface area (Å²) in [5.41, 5.74) is -0.808. The van der Waals surface area contributed by atoms with Crippen LogP contribution in [0.3, 0.4) is 0 Å². The Bertz CT molecular complexity index is 777. The van der Waals surface area contributed by atoms with E-state index < -0.39 is 35.2 Å². The number of hydrogen-bond donors (Lipinski definition) is 2. The smallest absolute Gasteiger partial charge is 0.408 e. The summed E-state index contributed by atoms with van der Waals surface area (Å²) in [6.07, 6.45) is 2.15. The third kappa shape index (κ3) is 10.0. The number of rotatable bonds is 11. The van der Waals surface area contributed by atoms with Crippen LogP contribution >= 0.6 is 11.9 Å². The van der Waals surface area contributed by atoms with Crippen LogP contribution in [0, 0.1) is 21.4 Å². The third-order valence-electron chi connectivity index (χ3n) is 3.39. The van der Waals surface area contributed by atoms with E-state index in [9.17, 15) is 19.7 Å². The van der Waals surface area contributed by atoms with Crippen molar-refractivity contribution in [2.75, 3.05) is 13.2 Å². The Hall–Kier alpha value is -2.91. The largest absolute Gasteiger partial charge is 0.449 e. The Morgan fingerprint density at radius 2 is 2.13 bits per heavy atom. The van der Waals surface area contributed by atoms with Crippen molar-refractivity contribution in [3.63, 3.8) is 0 Å². The molecule has 1 rings (SSSR count). The van der Waals surface area contributed by atoms with Gasteiger partial charge in [-0.15, -0.1) is 0 Å². The normalized spacial score (nSPS) is 11.8. The van der Waals surface area contributed by atoms with Gasteiger partial charge in [-0.05, 0) is 58.0 Å². The predicted molar refractivity (Wildman–Crippen MR) is 108 cm³/mol. The van der Waals surface area contributed by atoms with Gasteiger partial charge >= 0.3 is 17.7 Å². The molecule has 0 saturated carbocycles. The van der Waals surface area contributed by atoms with Crippen LogP contribution in [0.15, 0.2) is 23.4 Å². The Morgan fingerprint density at radius 1 is 1.40 bits per heavy atom. The molecule has 1 atom stereocenters. The summed E-state index contributed by atoms with van der Waals surface area (Å²) in [5.74, 6) is -0.714. The Labute approximate surface area is 178 Å². The monoisotopic (exact) mass is 439 g/mol. The zero-order valence-corrected chi connectivity index (χ0v) is 17.9. The van der Waals surface area contributed by atoms with Gasteiger partial charge in [-0.3, -0.25) is 14.8 Å². The Balaban J connectivity index is 2.47. The first-order chi connectivity index (χ1) is 14.1. The number of nitro groups is 1. The average molecular weight is 439 g/mol. The van der Waals surface area contributed by atoms with Crippen LogP contribution in [0.5, 0.6) is 0 Å². The summed E-state index contributed by atoms with van der Waals surface area (Å²) in [7, 11) is 0. The molecule has 2 N–H and O–H groups in total. The number of nitriles is 1. The molecule has 30 heavy (non-hydrogen) atoms. The number of alkyl carbamates (subject to hydrolysis) is 1. The number of hydrogen-bond acceptors (Lipinski definition) is 10. The zero-order valence-electron chi connectivity index (χ0n) is 17.0. The molecular formula is C18H25N5O6S. The van der Waals surface area contributed by atoms with Crippen molar-refractivity contribution >= 4 is 29.7 Å². The van der Waals surface area contributed by atoms with Crippen molar-refractivity contribution in [1.82, 2.24) is 15.0 Å². The topological polar surface area (TPSA) is 156 Å². The maximum absolute atomic E-state index is 12.1. The fourth-order valence-corrected chi connectivity index (χ4v) is 2.91. The van der Waals surface area contributed by atoms with E-state index in [-0.39, 0.29) is 17.1 Å². The molecule has 164 valence electrons. The molecule has 1 aromatic rings. The number of carbonyl (C=O) groups is 2. The minimum absolute atomic E-state index is 0.0862. The number of carbonyl (C=O) groups excluding carboxylic acids is 2. The van der Waals surface area contributed by atoms with E-state index in [4.69, 9.17) is 14.7 Å². The molecule has 0 aromatic carbocycles. The second-order valence-electron chi connectivity index (χ2n) is 7.04. The van der Waals surface area contributed by atoms with Gasteiger partial charge in [0.2, 0.25) is 0 Å². The van der Waals surface area contributed by atoms with Crippen molar-refractivity contribution in [2.45, 2.75) is 56.7 Å². The molecule has 11 nitrogen and oxygen atoms in total. The first-order valence-electron chi connectivity index (χ1n) is 9.16.